The fourth-order valence-electron chi connectivity index (χ4n) is 10.6. The van der Waals surface area contributed by atoms with E-state index in [2.05, 4.69) is 40.5 Å². The number of carbonyl (C=O) groups excluding carboxylic acids is 3. The van der Waals surface area contributed by atoms with Crippen LogP contribution >= 0.6 is 11.6 Å². The molecule has 69 heavy (non-hydrogen) atoms. The maximum Gasteiger partial charge on any atom is 0.373 e. The zero-order chi connectivity index (χ0) is 48.0. The molecule has 7 N–H and O–H groups in total. The van der Waals surface area contributed by atoms with Crippen molar-refractivity contribution < 1.29 is 40.1 Å². The van der Waals surface area contributed by atoms with Crippen LogP contribution in [-0.4, -0.2) is 140 Å². The van der Waals surface area contributed by atoms with Gasteiger partial charge >= 0.3 is 32.0 Å². The highest BCUT2D eigenvalue weighted by molar-refractivity contribution is 6.45. The minimum Gasteiger partial charge on any atom is -0.462 e. The lowest BCUT2D eigenvalue weighted by atomic mass is 9.84. The van der Waals surface area contributed by atoms with Crippen LogP contribution in [0.4, 0.5) is 11.6 Å². The molecule has 9 rings (SSSR count). The lowest BCUT2D eigenvalue weighted by Crippen LogP contribution is -2.52. The van der Waals surface area contributed by atoms with Gasteiger partial charge < -0.3 is 55.6 Å². The maximum atomic E-state index is 11.7. The number of nitrogens with zero attached hydrogens (tertiary/aromatic N) is 5. The first-order chi connectivity index (χ1) is 32.2. The molecule has 6 aliphatic rings. The molecule has 0 amide bonds. The van der Waals surface area contributed by atoms with Gasteiger partial charge in [-0.2, -0.15) is 0 Å². The van der Waals surface area contributed by atoms with Gasteiger partial charge in [0.15, 0.2) is 0 Å². The quantitative estimate of drug-likeness (QED) is 0.0566. The first-order valence-electron chi connectivity index (χ1n) is 24.3. The molecule has 377 valence electrons. The van der Waals surface area contributed by atoms with Gasteiger partial charge in [0.1, 0.15) is 16.8 Å². The number of hydrogen-bond donors (Lipinski definition) is 6. The summed E-state index contributed by atoms with van der Waals surface area (Å²) in [5.41, 5.74) is 7.51. The summed E-state index contributed by atoms with van der Waals surface area (Å²) < 4.78 is 14.7. The molecule has 21 heteroatoms. The Hall–Kier alpha value is -4.30. The predicted octanol–water partition coefficient (Wildman–Crippen LogP) is 5.56. The minimum absolute atomic E-state index is 0. The SMILES string of the molecule is C.CB(O)NC1CC2CCC(C1)N2.CCOC(=O)c1ccc(Cl)nc1.CCOC(=O)c1ccc(N2C3CCC2CC(N)C3)nc1.CCOC(=O)c1ccc(N2C3CCC2CC(NB(C)O)C3)nc1.[2HH].[B]. The van der Waals surface area contributed by atoms with Crippen molar-refractivity contribution in [3.8, 4) is 0 Å². The predicted molar refractivity (Wildman–Crippen MR) is 276 cm³/mol. The molecule has 0 aliphatic carbocycles. The summed E-state index contributed by atoms with van der Waals surface area (Å²) >= 11 is 5.53. The first-order valence-corrected chi connectivity index (χ1v) is 24.6. The highest BCUT2D eigenvalue weighted by Crippen LogP contribution is 2.39. The van der Waals surface area contributed by atoms with E-state index in [0.29, 0.717) is 96.0 Å². The normalized spacial score (nSPS) is 25.6. The topological polar surface area (TPSA) is 227 Å². The number of nitrogens with one attached hydrogen (secondary N) is 3. The first kappa shape index (κ1) is 57.3. The van der Waals surface area contributed by atoms with E-state index in [9.17, 15) is 19.4 Å². The van der Waals surface area contributed by atoms with E-state index in [1.165, 1.54) is 44.7 Å². The zero-order valence-electron chi connectivity index (χ0n) is 40.3. The van der Waals surface area contributed by atoms with Crippen LogP contribution < -0.4 is 31.3 Å². The lowest BCUT2D eigenvalue weighted by Gasteiger charge is -2.40. The van der Waals surface area contributed by atoms with E-state index < -0.39 is 7.05 Å². The Kier molecular flexibility index (Phi) is 23.2. The van der Waals surface area contributed by atoms with Gasteiger partial charge in [0, 0.05) is 82.8 Å². The number of nitrogens with two attached hydrogens (primary N) is 1. The molecule has 6 aliphatic heterocycles. The van der Waals surface area contributed by atoms with Crippen molar-refractivity contribution in [2.24, 2.45) is 5.73 Å². The van der Waals surface area contributed by atoms with Crippen LogP contribution in [0.15, 0.2) is 55.0 Å². The van der Waals surface area contributed by atoms with Crippen molar-refractivity contribution in [1.29, 1.82) is 0 Å². The van der Waals surface area contributed by atoms with Gasteiger partial charge in [0.2, 0.25) is 0 Å². The highest BCUT2D eigenvalue weighted by atomic mass is 35.5. The summed E-state index contributed by atoms with van der Waals surface area (Å²) in [7, 11) is -0.819. The number of fused-ring (bicyclic) bond motifs is 6. The molecule has 3 radical (unpaired) electrons. The smallest absolute Gasteiger partial charge is 0.373 e. The number of aromatic nitrogens is 3. The van der Waals surface area contributed by atoms with Gasteiger partial charge in [0.05, 0.1) is 36.5 Å². The van der Waals surface area contributed by atoms with Crippen LogP contribution in [0.3, 0.4) is 0 Å². The largest absolute Gasteiger partial charge is 0.462 e. The van der Waals surface area contributed by atoms with Crippen LogP contribution in [0.2, 0.25) is 18.8 Å². The van der Waals surface area contributed by atoms with Gasteiger partial charge in [-0.1, -0.05) is 19.0 Å². The van der Waals surface area contributed by atoms with Gasteiger partial charge in [-0.25, -0.2) is 29.3 Å². The number of halogens is 1. The molecule has 3 aromatic heterocycles. The van der Waals surface area contributed by atoms with E-state index in [1.807, 2.05) is 12.1 Å². The van der Waals surface area contributed by atoms with Crippen molar-refractivity contribution in [3.63, 3.8) is 0 Å². The number of ether oxygens (including phenoxy) is 3. The molecule has 0 saturated carbocycles. The van der Waals surface area contributed by atoms with Crippen LogP contribution in [-0.2, 0) is 14.2 Å². The average Bonchev–Trinajstić information content (AvgIpc) is 3.89. The molecular formula is C48H76B3ClN9O8. The fraction of sp³-hybridized carbons (Fsp3) is 0.625. The average molecular weight is 976 g/mol. The fourth-order valence-corrected chi connectivity index (χ4v) is 10.7. The minimum atomic E-state index is -0.465. The van der Waals surface area contributed by atoms with Crippen molar-refractivity contribution in [2.75, 3.05) is 29.6 Å². The Bertz CT molecular complexity index is 2000. The Labute approximate surface area is 418 Å². The Morgan fingerprint density at radius 2 is 1.01 bits per heavy atom. The third-order valence-corrected chi connectivity index (χ3v) is 13.4. The third kappa shape index (κ3) is 16.4. The maximum absolute atomic E-state index is 11.7. The van der Waals surface area contributed by atoms with Gasteiger partial charge in [0.25, 0.3) is 0 Å². The van der Waals surface area contributed by atoms with Crippen molar-refractivity contribution in [3.05, 3.63) is 76.8 Å². The zero-order valence-corrected chi connectivity index (χ0v) is 41.0. The van der Waals surface area contributed by atoms with Gasteiger partial charge in [-0.05, 0) is 148 Å². The van der Waals surface area contributed by atoms with Gasteiger partial charge in [-0.15, -0.1) is 0 Å². The molecule has 6 bridgehead atoms. The van der Waals surface area contributed by atoms with E-state index in [4.69, 9.17) is 36.6 Å². The van der Waals surface area contributed by atoms with Crippen LogP contribution in [0, 0.1) is 0 Å². The van der Waals surface area contributed by atoms with Crippen molar-refractivity contribution in [1.82, 2.24) is 30.7 Å². The molecule has 0 spiro atoms. The molecule has 9 heterocycles. The van der Waals surface area contributed by atoms with E-state index >= 15 is 0 Å². The molecule has 6 fully saturated rings. The summed E-state index contributed by atoms with van der Waals surface area (Å²) in [6.45, 7) is 10.0. The summed E-state index contributed by atoms with van der Waals surface area (Å²) in [6, 6.07) is 15.1. The number of carbonyl (C=O) groups is 3. The monoisotopic (exact) mass is 976 g/mol. The molecular weight excluding hydrogens is 898 g/mol. The highest BCUT2D eigenvalue weighted by Gasteiger charge is 2.42. The van der Waals surface area contributed by atoms with Gasteiger partial charge in [-0.3, -0.25) is 0 Å². The van der Waals surface area contributed by atoms with Crippen LogP contribution in [0.1, 0.15) is 138 Å². The number of rotatable bonds is 12. The van der Waals surface area contributed by atoms with E-state index in [0.717, 1.165) is 50.2 Å². The third-order valence-electron chi connectivity index (χ3n) is 13.2. The van der Waals surface area contributed by atoms with Crippen LogP contribution in [0.25, 0.3) is 0 Å². The van der Waals surface area contributed by atoms with E-state index in [-0.39, 0.29) is 42.2 Å². The molecule has 3 aromatic rings. The van der Waals surface area contributed by atoms with Crippen LogP contribution in [0.5, 0.6) is 0 Å². The summed E-state index contributed by atoms with van der Waals surface area (Å²) in [6.07, 6.45) is 18.4. The Morgan fingerprint density at radius 3 is 1.35 bits per heavy atom. The van der Waals surface area contributed by atoms with Crippen molar-refractivity contribution >= 4 is 63.7 Å². The number of piperidine rings is 3. The second-order valence-corrected chi connectivity index (χ2v) is 18.7. The molecule has 17 nitrogen and oxygen atoms in total. The Morgan fingerprint density at radius 1 is 0.652 bits per heavy atom. The summed E-state index contributed by atoms with van der Waals surface area (Å²) in [5.74, 6) is 0.879. The molecule has 6 saturated heterocycles. The second-order valence-electron chi connectivity index (χ2n) is 18.3. The standard InChI is InChI=1S/C16H24BN3O3.C15H21N3O2.C8H17BN2O.C8H8ClNO2.CH4.B.H2/c1-3-23-16(21)11-4-7-15(18-10-11)20-13-5-6-14(20)9-12(8-13)19-17(2)22;1-2-20-15(19)10-3-6-14(17-9-10)18-12-4-5-13(18)8-11(16)7-12;1-9(12)11-8-4-6-2-3-7(5-8)10-6;1-2-12-8(11)6-3-4-7(9)10-5-6;;;/h4,7,10,12-14,19,22H,3,5-6,8-9H2,1-2H3;3,6,9,11-13H,2,4-5,7-8,16H2,1H3;6-8,10-12H,2-5H2,1H3;3-5H,2H2,1H3;1H4;;1H/i;;;;;;1+1. The molecule has 0 aromatic carbocycles. The number of esters is 3. The Balaban J connectivity index is 0.000000253. The van der Waals surface area contributed by atoms with Crippen molar-refractivity contribution in [2.45, 2.75) is 173 Å². The summed E-state index contributed by atoms with van der Waals surface area (Å²) in [4.78, 5) is 51.8. The summed E-state index contributed by atoms with van der Waals surface area (Å²) in [5, 5.41) is 29.1. The lowest BCUT2D eigenvalue weighted by molar-refractivity contribution is 0.0516. The van der Waals surface area contributed by atoms with E-state index in [1.54, 1.807) is 71.1 Å². The number of pyridine rings is 3. The molecule has 6 unspecified atom stereocenters. The number of hydrogen-bond acceptors (Lipinski definition) is 17. The second kappa shape index (κ2) is 27.9. The molecule has 6 atom stereocenters. The number of anilines is 2.